The zero-order valence-corrected chi connectivity index (χ0v) is 13.8. The lowest BCUT2D eigenvalue weighted by Gasteiger charge is -2.39. The van der Waals surface area contributed by atoms with Gasteiger partial charge in [-0.05, 0) is 42.4 Å². The van der Waals surface area contributed by atoms with E-state index < -0.39 is 0 Å². The van der Waals surface area contributed by atoms with E-state index in [9.17, 15) is 4.79 Å². The van der Waals surface area contributed by atoms with E-state index in [0.717, 1.165) is 17.3 Å². The van der Waals surface area contributed by atoms with Crippen LogP contribution in [0.1, 0.15) is 38.2 Å². The minimum Gasteiger partial charge on any atom is -0.468 e. The molecule has 0 radical (unpaired) electrons. The minimum atomic E-state index is -0.201. The molecule has 0 aliphatic heterocycles. The van der Waals surface area contributed by atoms with Crippen molar-refractivity contribution in [3.8, 4) is 0 Å². The Morgan fingerprint density at radius 2 is 2.10 bits per heavy atom. The summed E-state index contributed by atoms with van der Waals surface area (Å²) >= 11 is 3.51. The molecule has 1 N–H and O–H groups in total. The van der Waals surface area contributed by atoms with Crippen molar-refractivity contribution in [3.05, 3.63) is 34.3 Å². The highest BCUT2D eigenvalue weighted by molar-refractivity contribution is 9.10. The van der Waals surface area contributed by atoms with Gasteiger partial charge in [-0.3, -0.25) is 4.79 Å². The van der Waals surface area contributed by atoms with Crippen LogP contribution in [0.25, 0.3) is 0 Å². The number of esters is 1. The maximum Gasteiger partial charge on any atom is 0.323 e. The number of rotatable bonds is 5. The molecule has 1 aliphatic rings. The maximum atomic E-state index is 11.7. The van der Waals surface area contributed by atoms with Crippen LogP contribution in [0.5, 0.6) is 0 Å². The first-order valence-corrected chi connectivity index (χ1v) is 7.90. The average Bonchev–Trinajstić information content (AvgIpc) is 2.36. The fourth-order valence-electron chi connectivity index (χ4n) is 2.70. The second kappa shape index (κ2) is 6.72. The molecule has 4 heteroatoms. The van der Waals surface area contributed by atoms with Crippen LogP contribution in [-0.2, 0) is 9.53 Å². The van der Waals surface area contributed by atoms with Gasteiger partial charge in [0.05, 0.1) is 7.11 Å². The molecule has 1 aromatic carbocycles. The largest absolute Gasteiger partial charge is 0.468 e. The number of ether oxygens (including phenoxy) is 1. The zero-order chi connectivity index (χ0) is 14.7. The van der Waals surface area contributed by atoms with E-state index >= 15 is 0 Å². The van der Waals surface area contributed by atoms with Crippen LogP contribution in [0.15, 0.2) is 28.7 Å². The van der Waals surface area contributed by atoms with Gasteiger partial charge in [-0.1, -0.05) is 41.9 Å². The lowest BCUT2D eigenvalue weighted by molar-refractivity contribution is -0.144. The molecule has 0 bridgehead atoms. The standard InChI is InChI=1S/C16H22BrNO2/c1-10(2)15(16(19)20-3)18-14-8-12(9-14)11-5-4-6-13(17)7-11/h4-7,10,12,14-15,18H,8-9H2,1-3H3/t12?,14?,15-/m0/s1. The Hall–Kier alpha value is -0.870. The van der Waals surface area contributed by atoms with Gasteiger partial charge in [-0.15, -0.1) is 0 Å². The summed E-state index contributed by atoms with van der Waals surface area (Å²) in [6, 6.07) is 8.68. The third-order valence-corrected chi connectivity index (χ3v) is 4.49. The second-order valence-electron chi connectivity index (χ2n) is 5.83. The van der Waals surface area contributed by atoms with E-state index in [2.05, 4.69) is 39.4 Å². The van der Waals surface area contributed by atoms with Gasteiger partial charge >= 0.3 is 5.97 Å². The number of hydrogen-bond donors (Lipinski definition) is 1. The normalized spacial score (nSPS) is 23.2. The number of nitrogens with one attached hydrogen (secondary N) is 1. The van der Waals surface area contributed by atoms with Crippen molar-refractivity contribution in [2.45, 2.75) is 44.7 Å². The van der Waals surface area contributed by atoms with Crippen LogP contribution in [0, 0.1) is 5.92 Å². The molecule has 20 heavy (non-hydrogen) atoms. The summed E-state index contributed by atoms with van der Waals surface area (Å²) in [4.78, 5) is 11.7. The van der Waals surface area contributed by atoms with Crippen LogP contribution < -0.4 is 5.32 Å². The molecule has 1 saturated carbocycles. The summed E-state index contributed by atoms with van der Waals surface area (Å²) in [5.74, 6) is 0.675. The van der Waals surface area contributed by atoms with Crippen LogP contribution in [0.3, 0.4) is 0 Å². The first-order valence-electron chi connectivity index (χ1n) is 7.10. The fourth-order valence-corrected chi connectivity index (χ4v) is 3.12. The molecule has 1 fully saturated rings. The van der Waals surface area contributed by atoms with Gasteiger partial charge in [-0.25, -0.2) is 0 Å². The molecule has 0 amide bonds. The summed E-state index contributed by atoms with van der Waals surface area (Å²) in [5.41, 5.74) is 1.37. The van der Waals surface area contributed by atoms with Crippen molar-refractivity contribution in [3.63, 3.8) is 0 Å². The van der Waals surface area contributed by atoms with E-state index in [-0.39, 0.29) is 17.9 Å². The van der Waals surface area contributed by atoms with Crippen molar-refractivity contribution in [2.75, 3.05) is 7.11 Å². The van der Waals surface area contributed by atoms with Gasteiger partial charge in [0, 0.05) is 10.5 Å². The number of benzene rings is 1. The molecule has 0 spiro atoms. The van der Waals surface area contributed by atoms with Gasteiger partial charge in [0.15, 0.2) is 0 Å². The SMILES string of the molecule is COC(=O)[C@@H](NC1CC(c2cccc(Br)c2)C1)C(C)C. The number of carbonyl (C=O) groups excluding carboxylic acids is 1. The molecular weight excluding hydrogens is 318 g/mol. The second-order valence-corrected chi connectivity index (χ2v) is 6.75. The molecule has 0 unspecified atom stereocenters. The summed E-state index contributed by atoms with van der Waals surface area (Å²) in [5, 5.41) is 3.43. The van der Waals surface area contributed by atoms with E-state index in [0.29, 0.717) is 12.0 Å². The predicted molar refractivity (Wildman–Crippen MR) is 83.7 cm³/mol. The van der Waals surface area contributed by atoms with Gasteiger partial charge < -0.3 is 10.1 Å². The number of hydrogen-bond acceptors (Lipinski definition) is 3. The van der Waals surface area contributed by atoms with Crippen molar-refractivity contribution < 1.29 is 9.53 Å². The molecule has 110 valence electrons. The Kier molecular flexibility index (Phi) is 5.22. The fraction of sp³-hybridized carbons (Fsp3) is 0.562. The highest BCUT2D eigenvalue weighted by atomic mass is 79.9. The zero-order valence-electron chi connectivity index (χ0n) is 12.2. The van der Waals surface area contributed by atoms with Gasteiger partial charge in [0.2, 0.25) is 0 Å². The Morgan fingerprint density at radius 3 is 2.65 bits per heavy atom. The molecule has 0 aromatic heterocycles. The number of halogens is 1. The van der Waals surface area contributed by atoms with Crippen molar-refractivity contribution in [2.24, 2.45) is 5.92 Å². The first kappa shape index (κ1) is 15.5. The summed E-state index contributed by atoms with van der Waals surface area (Å²) in [6.07, 6.45) is 2.16. The van der Waals surface area contributed by atoms with Crippen molar-refractivity contribution in [1.82, 2.24) is 5.32 Å². The van der Waals surface area contributed by atoms with Gasteiger partial charge in [0.1, 0.15) is 6.04 Å². The summed E-state index contributed by atoms with van der Waals surface area (Å²) < 4.78 is 5.99. The third kappa shape index (κ3) is 3.61. The maximum absolute atomic E-state index is 11.7. The van der Waals surface area contributed by atoms with Crippen molar-refractivity contribution >= 4 is 21.9 Å². The Bertz CT molecular complexity index is 469. The van der Waals surface area contributed by atoms with Gasteiger partial charge in [-0.2, -0.15) is 0 Å². The predicted octanol–water partition coefficient (Wildman–Crippen LogP) is 3.48. The Balaban J connectivity index is 1.88. The Labute approximate surface area is 129 Å². The van der Waals surface area contributed by atoms with Crippen LogP contribution in [0.2, 0.25) is 0 Å². The summed E-state index contributed by atoms with van der Waals surface area (Å²) in [6.45, 7) is 4.08. The monoisotopic (exact) mass is 339 g/mol. The molecule has 2 rings (SSSR count). The molecule has 3 nitrogen and oxygen atoms in total. The smallest absolute Gasteiger partial charge is 0.323 e. The molecule has 1 aliphatic carbocycles. The van der Waals surface area contributed by atoms with Crippen LogP contribution >= 0.6 is 15.9 Å². The highest BCUT2D eigenvalue weighted by Crippen LogP contribution is 2.38. The summed E-state index contributed by atoms with van der Waals surface area (Å²) in [7, 11) is 1.45. The van der Waals surface area contributed by atoms with Crippen LogP contribution in [-0.4, -0.2) is 25.2 Å². The van der Waals surface area contributed by atoms with E-state index in [1.54, 1.807) is 0 Å². The number of methoxy groups -OCH3 is 1. The topological polar surface area (TPSA) is 38.3 Å². The van der Waals surface area contributed by atoms with E-state index in [4.69, 9.17) is 4.74 Å². The molecule has 0 saturated heterocycles. The third-order valence-electron chi connectivity index (χ3n) is 4.00. The van der Waals surface area contributed by atoms with Gasteiger partial charge in [0.25, 0.3) is 0 Å². The lowest BCUT2D eigenvalue weighted by atomic mass is 9.75. The molecule has 0 heterocycles. The highest BCUT2D eigenvalue weighted by Gasteiger charge is 2.34. The van der Waals surface area contributed by atoms with Crippen molar-refractivity contribution in [1.29, 1.82) is 0 Å². The quantitative estimate of drug-likeness (QED) is 0.834. The van der Waals surface area contributed by atoms with Crippen LogP contribution in [0.4, 0.5) is 0 Å². The van der Waals surface area contributed by atoms with E-state index in [1.165, 1.54) is 12.7 Å². The molecule has 1 atom stereocenters. The lowest BCUT2D eigenvalue weighted by Crippen LogP contribution is -2.51. The average molecular weight is 340 g/mol. The first-order chi connectivity index (χ1) is 9.51. The van der Waals surface area contributed by atoms with E-state index in [1.807, 2.05) is 19.9 Å². The number of carbonyl (C=O) groups is 1. The Morgan fingerprint density at radius 1 is 1.40 bits per heavy atom. The molecule has 1 aromatic rings. The molecular formula is C16H22BrNO2. The minimum absolute atomic E-state index is 0.161.